The zero-order valence-electron chi connectivity index (χ0n) is 12.6. The van der Waals surface area contributed by atoms with E-state index in [1.165, 1.54) is 12.1 Å². The molecule has 0 fully saturated rings. The lowest BCUT2D eigenvalue weighted by Crippen LogP contribution is -2.05. The van der Waals surface area contributed by atoms with Gasteiger partial charge in [0.1, 0.15) is 28.8 Å². The second-order valence-corrected chi connectivity index (χ2v) is 5.47. The van der Waals surface area contributed by atoms with E-state index in [-0.39, 0.29) is 5.82 Å². The van der Waals surface area contributed by atoms with Crippen molar-refractivity contribution in [2.45, 2.75) is 6.54 Å². The Kier molecular flexibility index (Phi) is 3.14. The van der Waals surface area contributed by atoms with Crippen LogP contribution in [0.15, 0.2) is 48.5 Å². The number of rotatable bonds is 2. The maximum absolute atomic E-state index is 13.1. The standard InChI is InChI=1S/C18H12FN5/c19-12-7-5-11(6-8-12)10-24-17(21)13(9-20)16-18(24)23-15-4-2-1-3-14(15)22-16/h1-8H,10,21H2. The number of aromatic nitrogens is 3. The SMILES string of the molecule is N#Cc1c(N)n(Cc2ccc(F)cc2)c2nc3ccccc3nc12. The number of nitrogen functional groups attached to an aromatic ring is 1. The molecule has 6 heteroatoms. The summed E-state index contributed by atoms with van der Waals surface area (Å²) in [5, 5.41) is 9.44. The number of nitriles is 1. The lowest BCUT2D eigenvalue weighted by molar-refractivity contribution is 0.626. The highest BCUT2D eigenvalue weighted by atomic mass is 19.1. The van der Waals surface area contributed by atoms with Crippen molar-refractivity contribution in [1.29, 1.82) is 5.26 Å². The molecule has 0 atom stereocenters. The molecule has 0 radical (unpaired) electrons. The second kappa shape index (κ2) is 5.32. The number of fused-ring (bicyclic) bond motifs is 2. The van der Waals surface area contributed by atoms with Crippen LogP contribution in [0.5, 0.6) is 0 Å². The molecule has 0 spiro atoms. The minimum absolute atomic E-state index is 0.299. The second-order valence-electron chi connectivity index (χ2n) is 5.47. The Morgan fingerprint density at radius 3 is 2.38 bits per heavy atom. The zero-order chi connectivity index (χ0) is 16.7. The third-order valence-electron chi connectivity index (χ3n) is 3.96. The maximum Gasteiger partial charge on any atom is 0.162 e. The molecule has 0 saturated heterocycles. The molecule has 0 amide bonds. The number of hydrogen-bond donors (Lipinski definition) is 1. The first-order valence-electron chi connectivity index (χ1n) is 7.36. The van der Waals surface area contributed by atoms with E-state index in [4.69, 9.17) is 5.73 Å². The summed E-state index contributed by atoms with van der Waals surface area (Å²) < 4.78 is 14.8. The minimum atomic E-state index is -0.299. The smallest absolute Gasteiger partial charge is 0.162 e. The van der Waals surface area contributed by atoms with Crippen LogP contribution in [-0.2, 0) is 6.54 Å². The average molecular weight is 317 g/mol. The zero-order valence-corrected chi connectivity index (χ0v) is 12.6. The summed E-state index contributed by atoms with van der Waals surface area (Å²) in [5.41, 5.74) is 9.79. The van der Waals surface area contributed by atoms with Crippen molar-refractivity contribution in [2.75, 3.05) is 5.73 Å². The van der Waals surface area contributed by atoms with Gasteiger partial charge < -0.3 is 10.3 Å². The Morgan fingerprint density at radius 2 is 1.71 bits per heavy atom. The highest BCUT2D eigenvalue weighted by Crippen LogP contribution is 2.27. The molecule has 0 aliphatic carbocycles. The fraction of sp³-hybridized carbons (Fsp3) is 0.0556. The lowest BCUT2D eigenvalue weighted by atomic mass is 10.2. The van der Waals surface area contributed by atoms with Gasteiger partial charge in [-0.15, -0.1) is 0 Å². The summed E-state index contributed by atoms with van der Waals surface area (Å²) in [6.45, 7) is 0.386. The number of nitrogens with zero attached hydrogens (tertiary/aromatic N) is 4. The summed E-state index contributed by atoms with van der Waals surface area (Å²) >= 11 is 0. The van der Waals surface area contributed by atoms with E-state index < -0.39 is 0 Å². The van der Waals surface area contributed by atoms with E-state index in [9.17, 15) is 9.65 Å². The van der Waals surface area contributed by atoms with Crippen molar-refractivity contribution in [2.24, 2.45) is 0 Å². The lowest BCUT2D eigenvalue weighted by Gasteiger charge is -2.07. The molecular formula is C18H12FN5. The predicted octanol–water partition coefficient (Wildman–Crippen LogP) is 3.23. The Morgan fingerprint density at radius 1 is 1.04 bits per heavy atom. The first kappa shape index (κ1) is 14.2. The fourth-order valence-corrected chi connectivity index (χ4v) is 2.76. The largest absolute Gasteiger partial charge is 0.384 e. The molecule has 2 aromatic heterocycles. The summed E-state index contributed by atoms with van der Waals surface area (Å²) in [5.74, 6) is 0.0136. The summed E-state index contributed by atoms with van der Waals surface area (Å²) in [6.07, 6.45) is 0. The van der Waals surface area contributed by atoms with E-state index in [2.05, 4.69) is 16.0 Å². The number of nitrogens with two attached hydrogens (primary N) is 1. The van der Waals surface area contributed by atoms with Gasteiger partial charge in [0.25, 0.3) is 0 Å². The molecule has 2 heterocycles. The summed E-state index contributed by atoms with van der Waals surface area (Å²) in [6, 6.07) is 15.7. The number of anilines is 1. The van der Waals surface area contributed by atoms with Crippen LogP contribution in [0.25, 0.3) is 22.2 Å². The summed E-state index contributed by atoms with van der Waals surface area (Å²) in [7, 11) is 0. The van der Waals surface area contributed by atoms with Crippen LogP contribution >= 0.6 is 0 Å². The number of hydrogen-bond acceptors (Lipinski definition) is 4. The predicted molar refractivity (Wildman–Crippen MR) is 89.7 cm³/mol. The van der Waals surface area contributed by atoms with Gasteiger partial charge in [0, 0.05) is 0 Å². The van der Waals surface area contributed by atoms with E-state index in [1.54, 1.807) is 16.7 Å². The number of para-hydroxylation sites is 2. The monoisotopic (exact) mass is 317 g/mol. The maximum atomic E-state index is 13.1. The number of benzene rings is 2. The van der Waals surface area contributed by atoms with Crippen LogP contribution in [0.3, 0.4) is 0 Å². The Balaban J connectivity index is 1.96. The highest BCUT2D eigenvalue weighted by molar-refractivity contribution is 5.92. The van der Waals surface area contributed by atoms with Gasteiger partial charge in [-0.25, -0.2) is 14.4 Å². The number of halogens is 1. The highest BCUT2D eigenvalue weighted by Gasteiger charge is 2.18. The Bertz CT molecular complexity index is 1110. The third kappa shape index (κ3) is 2.15. The van der Waals surface area contributed by atoms with Gasteiger partial charge in [0.15, 0.2) is 5.65 Å². The molecule has 4 rings (SSSR count). The fourth-order valence-electron chi connectivity index (χ4n) is 2.76. The van der Waals surface area contributed by atoms with Crippen molar-refractivity contribution < 1.29 is 4.39 Å². The molecule has 0 aliphatic heterocycles. The van der Waals surface area contributed by atoms with E-state index in [1.807, 2.05) is 24.3 Å². The molecule has 24 heavy (non-hydrogen) atoms. The van der Waals surface area contributed by atoms with Crippen LogP contribution in [0.2, 0.25) is 0 Å². The van der Waals surface area contributed by atoms with Gasteiger partial charge in [-0.3, -0.25) is 0 Å². The van der Waals surface area contributed by atoms with E-state index >= 15 is 0 Å². The molecule has 0 bridgehead atoms. The van der Waals surface area contributed by atoms with Crippen molar-refractivity contribution in [1.82, 2.24) is 14.5 Å². The molecule has 5 nitrogen and oxygen atoms in total. The topological polar surface area (TPSA) is 80.5 Å². The van der Waals surface area contributed by atoms with Crippen LogP contribution < -0.4 is 5.73 Å². The Labute approximate surface area is 136 Å². The first-order chi connectivity index (χ1) is 11.7. The van der Waals surface area contributed by atoms with Crippen LogP contribution in [0.1, 0.15) is 11.1 Å². The summed E-state index contributed by atoms with van der Waals surface area (Å²) in [4.78, 5) is 9.16. The van der Waals surface area contributed by atoms with Crippen molar-refractivity contribution in [3.63, 3.8) is 0 Å². The first-order valence-corrected chi connectivity index (χ1v) is 7.36. The molecule has 4 aromatic rings. The average Bonchev–Trinajstić information content (AvgIpc) is 2.85. The normalized spacial score (nSPS) is 11.0. The van der Waals surface area contributed by atoms with Crippen LogP contribution in [-0.4, -0.2) is 14.5 Å². The molecule has 0 aliphatic rings. The van der Waals surface area contributed by atoms with Crippen molar-refractivity contribution >= 4 is 28.0 Å². The van der Waals surface area contributed by atoms with E-state index in [0.717, 1.165) is 11.1 Å². The Hall–Kier alpha value is -3.46. The van der Waals surface area contributed by atoms with Gasteiger partial charge in [-0.2, -0.15) is 5.26 Å². The van der Waals surface area contributed by atoms with Gasteiger partial charge in [0.2, 0.25) is 0 Å². The van der Waals surface area contributed by atoms with Crippen molar-refractivity contribution in [3.05, 3.63) is 65.5 Å². The quantitative estimate of drug-likeness (QED) is 0.615. The molecule has 2 aromatic carbocycles. The molecule has 0 unspecified atom stereocenters. The van der Waals surface area contributed by atoms with Gasteiger partial charge >= 0.3 is 0 Å². The molecular weight excluding hydrogens is 305 g/mol. The van der Waals surface area contributed by atoms with Gasteiger partial charge in [-0.1, -0.05) is 24.3 Å². The molecule has 116 valence electrons. The molecule has 2 N–H and O–H groups in total. The van der Waals surface area contributed by atoms with Crippen molar-refractivity contribution in [3.8, 4) is 6.07 Å². The minimum Gasteiger partial charge on any atom is -0.384 e. The van der Waals surface area contributed by atoms with Crippen LogP contribution in [0.4, 0.5) is 10.2 Å². The molecule has 0 saturated carbocycles. The van der Waals surface area contributed by atoms with E-state index in [0.29, 0.717) is 34.6 Å². The van der Waals surface area contributed by atoms with Gasteiger partial charge in [-0.05, 0) is 29.8 Å². The van der Waals surface area contributed by atoms with Gasteiger partial charge in [0.05, 0.1) is 17.6 Å². The third-order valence-corrected chi connectivity index (χ3v) is 3.96. The van der Waals surface area contributed by atoms with Crippen LogP contribution in [0, 0.1) is 17.1 Å².